The van der Waals surface area contributed by atoms with Crippen molar-refractivity contribution in [3.8, 4) is 11.4 Å². The lowest BCUT2D eigenvalue weighted by atomic mass is 10.2. The predicted octanol–water partition coefficient (Wildman–Crippen LogP) is 2.14. The standard InChI is InChI=1S/C13H13N5/c1-9-3-8-12-15-16-13(18(12)17-9)10-4-6-11(14-2)7-5-10/h3-8,14H,1-2H3. The molecule has 1 N–H and O–H groups in total. The Morgan fingerprint density at radius 1 is 1.00 bits per heavy atom. The lowest BCUT2D eigenvalue weighted by Crippen LogP contribution is -1.96. The van der Waals surface area contributed by atoms with E-state index in [2.05, 4.69) is 20.6 Å². The Kier molecular flexibility index (Phi) is 2.44. The molecule has 18 heavy (non-hydrogen) atoms. The fraction of sp³-hybridized carbons (Fsp3) is 0.154. The van der Waals surface area contributed by atoms with E-state index in [1.165, 1.54) is 0 Å². The number of aryl methyl sites for hydroxylation is 1. The molecule has 5 nitrogen and oxygen atoms in total. The zero-order valence-corrected chi connectivity index (χ0v) is 10.3. The summed E-state index contributed by atoms with van der Waals surface area (Å²) in [6.07, 6.45) is 0. The summed E-state index contributed by atoms with van der Waals surface area (Å²) in [5.41, 5.74) is 3.76. The molecule has 0 aliphatic carbocycles. The zero-order chi connectivity index (χ0) is 12.5. The summed E-state index contributed by atoms with van der Waals surface area (Å²) in [7, 11) is 1.90. The molecular formula is C13H13N5. The Labute approximate surface area is 104 Å². The van der Waals surface area contributed by atoms with Gasteiger partial charge >= 0.3 is 0 Å². The Morgan fingerprint density at radius 3 is 2.50 bits per heavy atom. The second kappa shape index (κ2) is 4.10. The summed E-state index contributed by atoms with van der Waals surface area (Å²) < 4.78 is 1.77. The van der Waals surface area contributed by atoms with Crippen LogP contribution in [0.2, 0.25) is 0 Å². The van der Waals surface area contributed by atoms with E-state index >= 15 is 0 Å². The monoisotopic (exact) mass is 239 g/mol. The highest BCUT2D eigenvalue weighted by Crippen LogP contribution is 2.19. The SMILES string of the molecule is CNc1ccc(-c2nnc3ccc(C)nn23)cc1. The van der Waals surface area contributed by atoms with Gasteiger partial charge in [0, 0.05) is 18.3 Å². The quantitative estimate of drug-likeness (QED) is 0.744. The Balaban J connectivity index is 2.15. The first kappa shape index (κ1) is 10.7. The molecule has 0 amide bonds. The first-order chi connectivity index (χ1) is 8.78. The highest BCUT2D eigenvalue weighted by molar-refractivity contribution is 5.62. The number of benzene rings is 1. The third-order valence-corrected chi connectivity index (χ3v) is 2.83. The van der Waals surface area contributed by atoms with E-state index < -0.39 is 0 Å². The minimum Gasteiger partial charge on any atom is -0.388 e. The van der Waals surface area contributed by atoms with Crippen LogP contribution in [0.1, 0.15) is 5.69 Å². The topological polar surface area (TPSA) is 55.1 Å². The minimum absolute atomic E-state index is 0.758. The maximum absolute atomic E-state index is 4.43. The number of nitrogens with one attached hydrogen (secondary N) is 1. The summed E-state index contributed by atoms with van der Waals surface area (Å²) >= 11 is 0. The van der Waals surface area contributed by atoms with E-state index in [9.17, 15) is 0 Å². The largest absolute Gasteiger partial charge is 0.388 e. The van der Waals surface area contributed by atoms with Crippen molar-refractivity contribution < 1.29 is 0 Å². The highest BCUT2D eigenvalue weighted by atomic mass is 15.4. The maximum atomic E-state index is 4.43. The molecule has 0 bridgehead atoms. The van der Waals surface area contributed by atoms with Crippen LogP contribution in [0.25, 0.3) is 17.0 Å². The van der Waals surface area contributed by atoms with Crippen LogP contribution in [0.5, 0.6) is 0 Å². The van der Waals surface area contributed by atoms with Crippen molar-refractivity contribution in [2.45, 2.75) is 6.92 Å². The van der Waals surface area contributed by atoms with Crippen molar-refractivity contribution in [3.05, 3.63) is 42.1 Å². The van der Waals surface area contributed by atoms with Crippen molar-refractivity contribution >= 4 is 11.3 Å². The van der Waals surface area contributed by atoms with E-state index in [-0.39, 0.29) is 0 Å². The summed E-state index contributed by atoms with van der Waals surface area (Å²) in [5, 5.41) is 15.8. The molecule has 0 saturated heterocycles. The van der Waals surface area contributed by atoms with Gasteiger partial charge in [0.2, 0.25) is 0 Å². The van der Waals surface area contributed by atoms with Gasteiger partial charge in [0.15, 0.2) is 11.5 Å². The molecular weight excluding hydrogens is 226 g/mol. The molecule has 2 aromatic heterocycles. The highest BCUT2D eigenvalue weighted by Gasteiger charge is 2.08. The lowest BCUT2D eigenvalue weighted by Gasteiger charge is -2.02. The summed E-state index contributed by atoms with van der Waals surface area (Å²) in [4.78, 5) is 0. The summed E-state index contributed by atoms with van der Waals surface area (Å²) in [6, 6.07) is 11.9. The Bertz CT molecular complexity index is 684. The van der Waals surface area contributed by atoms with Gasteiger partial charge in [-0.25, -0.2) is 0 Å². The van der Waals surface area contributed by atoms with Crippen LogP contribution in [-0.2, 0) is 0 Å². The van der Waals surface area contributed by atoms with Crippen molar-refractivity contribution in [2.24, 2.45) is 0 Å². The Hall–Kier alpha value is -2.43. The molecule has 3 rings (SSSR count). The zero-order valence-electron chi connectivity index (χ0n) is 10.3. The number of anilines is 1. The predicted molar refractivity (Wildman–Crippen MR) is 70.5 cm³/mol. The van der Waals surface area contributed by atoms with Crippen LogP contribution >= 0.6 is 0 Å². The van der Waals surface area contributed by atoms with Gasteiger partial charge in [0.1, 0.15) is 0 Å². The van der Waals surface area contributed by atoms with E-state index in [1.54, 1.807) is 4.52 Å². The van der Waals surface area contributed by atoms with Gasteiger partial charge in [0.05, 0.1) is 5.69 Å². The van der Waals surface area contributed by atoms with E-state index in [1.807, 2.05) is 50.4 Å². The molecule has 0 radical (unpaired) electrons. The van der Waals surface area contributed by atoms with Crippen LogP contribution in [0.3, 0.4) is 0 Å². The normalized spacial score (nSPS) is 10.8. The molecule has 0 saturated carbocycles. The maximum Gasteiger partial charge on any atom is 0.185 e. The molecule has 0 unspecified atom stereocenters. The smallest absolute Gasteiger partial charge is 0.185 e. The molecule has 0 spiro atoms. The van der Waals surface area contributed by atoms with Crippen molar-refractivity contribution in [2.75, 3.05) is 12.4 Å². The van der Waals surface area contributed by atoms with Crippen LogP contribution in [0.4, 0.5) is 5.69 Å². The van der Waals surface area contributed by atoms with Crippen LogP contribution in [0, 0.1) is 6.92 Å². The fourth-order valence-electron chi connectivity index (χ4n) is 1.85. The second-order valence-corrected chi connectivity index (χ2v) is 4.10. The van der Waals surface area contributed by atoms with E-state index in [4.69, 9.17) is 0 Å². The first-order valence-electron chi connectivity index (χ1n) is 5.75. The van der Waals surface area contributed by atoms with E-state index in [0.717, 1.165) is 28.4 Å². The van der Waals surface area contributed by atoms with Gasteiger partial charge in [-0.15, -0.1) is 10.2 Å². The molecule has 0 aliphatic rings. The summed E-state index contributed by atoms with van der Waals surface area (Å²) in [5.74, 6) is 0.761. The van der Waals surface area contributed by atoms with Gasteiger partial charge in [-0.1, -0.05) is 0 Å². The number of nitrogens with zero attached hydrogens (tertiary/aromatic N) is 4. The molecule has 3 aromatic rings. The van der Waals surface area contributed by atoms with Gasteiger partial charge < -0.3 is 5.32 Å². The molecule has 90 valence electrons. The van der Waals surface area contributed by atoms with Crippen molar-refractivity contribution in [3.63, 3.8) is 0 Å². The Morgan fingerprint density at radius 2 is 1.78 bits per heavy atom. The first-order valence-corrected chi connectivity index (χ1v) is 5.75. The van der Waals surface area contributed by atoms with Crippen LogP contribution < -0.4 is 5.32 Å². The fourth-order valence-corrected chi connectivity index (χ4v) is 1.85. The van der Waals surface area contributed by atoms with Crippen LogP contribution in [0.15, 0.2) is 36.4 Å². The number of aromatic nitrogens is 4. The van der Waals surface area contributed by atoms with Crippen molar-refractivity contribution in [1.82, 2.24) is 19.8 Å². The molecule has 1 aromatic carbocycles. The number of rotatable bonds is 2. The summed E-state index contributed by atoms with van der Waals surface area (Å²) in [6.45, 7) is 1.95. The van der Waals surface area contributed by atoms with Gasteiger partial charge in [-0.05, 0) is 43.3 Å². The molecule has 0 fully saturated rings. The van der Waals surface area contributed by atoms with Gasteiger partial charge in [-0.3, -0.25) is 0 Å². The number of hydrogen-bond acceptors (Lipinski definition) is 4. The van der Waals surface area contributed by atoms with Gasteiger partial charge in [-0.2, -0.15) is 9.61 Å². The molecule has 5 heteroatoms. The van der Waals surface area contributed by atoms with Crippen LogP contribution in [-0.4, -0.2) is 26.9 Å². The third kappa shape index (κ3) is 1.69. The number of fused-ring (bicyclic) bond motifs is 1. The lowest BCUT2D eigenvalue weighted by molar-refractivity contribution is 0.902. The molecule has 0 aliphatic heterocycles. The molecule has 0 atom stereocenters. The van der Waals surface area contributed by atoms with Gasteiger partial charge in [0.25, 0.3) is 0 Å². The van der Waals surface area contributed by atoms with Crippen molar-refractivity contribution in [1.29, 1.82) is 0 Å². The van der Waals surface area contributed by atoms with E-state index in [0.29, 0.717) is 0 Å². The molecule has 2 heterocycles. The average molecular weight is 239 g/mol. The second-order valence-electron chi connectivity index (χ2n) is 4.10. The number of hydrogen-bond donors (Lipinski definition) is 1. The third-order valence-electron chi connectivity index (χ3n) is 2.83. The average Bonchev–Trinajstić information content (AvgIpc) is 2.82. The minimum atomic E-state index is 0.758.